The molecule has 1 aromatic heterocycles. The first-order chi connectivity index (χ1) is 12.5. The summed E-state index contributed by atoms with van der Waals surface area (Å²) in [5, 5.41) is 11.9. The van der Waals surface area contributed by atoms with Crippen molar-refractivity contribution in [1.29, 1.82) is 0 Å². The number of hydrogen-bond donors (Lipinski definition) is 2. The van der Waals surface area contributed by atoms with Crippen LogP contribution >= 0.6 is 0 Å². The predicted molar refractivity (Wildman–Crippen MR) is 97.7 cm³/mol. The first kappa shape index (κ1) is 19.4. The maximum atomic E-state index is 12.2. The third-order valence-electron chi connectivity index (χ3n) is 4.19. The van der Waals surface area contributed by atoms with Crippen molar-refractivity contribution in [3.63, 3.8) is 0 Å². The van der Waals surface area contributed by atoms with E-state index >= 15 is 0 Å². The third kappa shape index (κ3) is 5.88. The maximum absolute atomic E-state index is 12.2. The molecule has 0 radical (unpaired) electrons. The second-order valence-electron chi connectivity index (χ2n) is 6.24. The van der Waals surface area contributed by atoms with Crippen LogP contribution in [-0.4, -0.2) is 28.0 Å². The summed E-state index contributed by atoms with van der Waals surface area (Å²) in [6.45, 7) is 4.10. The number of carboxylic acids is 1. The van der Waals surface area contributed by atoms with Gasteiger partial charge in [0.05, 0.1) is 6.42 Å². The number of carbonyl (C=O) groups excluding carboxylic acids is 1. The predicted octanol–water partition coefficient (Wildman–Crippen LogP) is 2.82. The van der Waals surface area contributed by atoms with Crippen LogP contribution in [0, 0.1) is 5.92 Å². The Labute approximate surface area is 153 Å². The van der Waals surface area contributed by atoms with E-state index in [2.05, 4.69) is 10.3 Å². The van der Waals surface area contributed by atoms with Crippen LogP contribution < -0.4 is 10.1 Å². The molecule has 2 atom stereocenters. The Hall–Kier alpha value is -2.89. The topological polar surface area (TPSA) is 88.5 Å². The van der Waals surface area contributed by atoms with E-state index in [1.54, 1.807) is 18.5 Å². The van der Waals surface area contributed by atoms with Gasteiger partial charge in [-0.05, 0) is 29.7 Å². The highest BCUT2D eigenvalue weighted by molar-refractivity contribution is 5.85. The van der Waals surface area contributed by atoms with Gasteiger partial charge in [-0.3, -0.25) is 9.78 Å². The quantitative estimate of drug-likeness (QED) is 0.721. The molecule has 0 saturated heterocycles. The van der Waals surface area contributed by atoms with E-state index in [1.165, 1.54) is 0 Å². The van der Waals surface area contributed by atoms with Crippen LogP contribution in [0.3, 0.4) is 0 Å². The molecule has 0 bridgehead atoms. The van der Waals surface area contributed by atoms with Crippen molar-refractivity contribution in [2.75, 3.05) is 0 Å². The van der Waals surface area contributed by atoms with Gasteiger partial charge in [0.15, 0.2) is 0 Å². The molecule has 26 heavy (non-hydrogen) atoms. The van der Waals surface area contributed by atoms with E-state index < -0.39 is 12.0 Å². The van der Waals surface area contributed by atoms with Crippen LogP contribution in [0.25, 0.3) is 0 Å². The number of carboxylic acid groups (broad SMARTS) is 1. The second-order valence-corrected chi connectivity index (χ2v) is 6.24. The summed E-state index contributed by atoms with van der Waals surface area (Å²) < 4.78 is 5.72. The van der Waals surface area contributed by atoms with Crippen molar-refractivity contribution in [2.45, 2.75) is 39.3 Å². The molecule has 0 fully saturated rings. The Morgan fingerprint density at radius 3 is 2.65 bits per heavy atom. The zero-order valence-corrected chi connectivity index (χ0v) is 15.0. The van der Waals surface area contributed by atoms with Gasteiger partial charge in [0.2, 0.25) is 5.91 Å². The Morgan fingerprint density at radius 1 is 1.23 bits per heavy atom. The lowest BCUT2D eigenvalue weighted by molar-refractivity contribution is -0.143. The Bertz CT molecular complexity index is 734. The average Bonchev–Trinajstić information content (AvgIpc) is 2.65. The normalized spacial score (nSPS) is 12.8. The molecule has 1 amide bonds. The Kier molecular flexibility index (Phi) is 7.14. The number of hydrogen-bond acceptors (Lipinski definition) is 4. The molecular weight excluding hydrogens is 332 g/mol. The van der Waals surface area contributed by atoms with E-state index in [0.717, 1.165) is 11.1 Å². The minimum atomic E-state index is -1.01. The summed E-state index contributed by atoms with van der Waals surface area (Å²) in [4.78, 5) is 27.6. The van der Waals surface area contributed by atoms with E-state index in [9.17, 15) is 14.7 Å². The van der Waals surface area contributed by atoms with Gasteiger partial charge in [-0.2, -0.15) is 0 Å². The van der Waals surface area contributed by atoms with Crippen LogP contribution in [0.5, 0.6) is 5.75 Å². The van der Waals surface area contributed by atoms with Crippen molar-refractivity contribution in [2.24, 2.45) is 5.92 Å². The number of benzene rings is 1. The lowest BCUT2D eigenvalue weighted by Crippen LogP contribution is -2.45. The molecule has 0 aliphatic heterocycles. The highest BCUT2D eigenvalue weighted by atomic mass is 16.5. The number of amides is 1. The molecule has 138 valence electrons. The fraction of sp³-hybridized carbons (Fsp3) is 0.350. The van der Waals surface area contributed by atoms with Gasteiger partial charge in [0.25, 0.3) is 0 Å². The summed E-state index contributed by atoms with van der Waals surface area (Å²) in [5.41, 5.74) is 1.72. The van der Waals surface area contributed by atoms with Crippen LogP contribution in [0.15, 0.2) is 48.8 Å². The Balaban J connectivity index is 1.94. The van der Waals surface area contributed by atoms with Crippen molar-refractivity contribution < 1.29 is 19.4 Å². The molecule has 1 aromatic carbocycles. The third-order valence-corrected chi connectivity index (χ3v) is 4.19. The van der Waals surface area contributed by atoms with Crippen molar-refractivity contribution in [1.82, 2.24) is 10.3 Å². The lowest BCUT2D eigenvalue weighted by atomic mass is 9.99. The van der Waals surface area contributed by atoms with Gasteiger partial charge >= 0.3 is 5.97 Å². The number of nitrogens with zero attached hydrogens (tertiary/aromatic N) is 1. The van der Waals surface area contributed by atoms with Gasteiger partial charge in [0.1, 0.15) is 18.4 Å². The number of nitrogens with one attached hydrogen (secondary N) is 1. The summed E-state index contributed by atoms with van der Waals surface area (Å²) in [6, 6.07) is 10.1. The standard InChI is InChI=1S/C20H24N2O4/c1-3-14(2)19(20(24)25)22-18(23)11-15-6-4-8-17(10-15)26-13-16-7-5-9-21-12-16/h4-10,12,14,19H,3,11,13H2,1-2H3,(H,22,23)(H,24,25)/t14-,19-/m0/s1. The number of aliphatic carboxylic acids is 1. The number of ether oxygens (including phenoxy) is 1. The van der Waals surface area contributed by atoms with E-state index in [-0.39, 0.29) is 18.2 Å². The van der Waals surface area contributed by atoms with Crippen LogP contribution in [-0.2, 0) is 22.6 Å². The van der Waals surface area contributed by atoms with E-state index in [0.29, 0.717) is 18.8 Å². The average molecular weight is 356 g/mol. The smallest absolute Gasteiger partial charge is 0.326 e. The summed E-state index contributed by atoms with van der Waals surface area (Å²) in [7, 11) is 0. The fourth-order valence-corrected chi connectivity index (χ4v) is 2.49. The van der Waals surface area contributed by atoms with Gasteiger partial charge in [0, 0.05) is 18.0 Å². The lowest BCUT2D eigenvalue weighted by Gasteiger charge is -2.20. The van der Waals surface area contributed by atoms with Crippen LogP contribution in [0.4, 0.5) is 0 Å². The molecule has 2 rings (SSSR count). The number of aromatic nitrogens is 1. The molecule has 2 N–H and O–H groups in total. The zero-order chi connectivity index (χ0) is 18.9. The van der Waals surface area contributed by atoms with Crippen LogP contribution in [0.1, 0.15) is 31.4 Å². The summed E-state index contributed by atoms with van der Waals surface area (Å²) in [6.07, 6.45) is 4.21. The van der Waals surface area contributed by atoms with Crippen molar-refractivity contribution >= 4 is 11.9 Å². The first-order valence-corrected chi connectivity index (χ1v) is 8.62. The molecule has 0 aliphatic rings. The maximum Gasteiger partial charge on any atom is 0.326 e. The minimum Gasteiger partial charge on any atom is -0.489 e. The molecule has 0 saturated carbocycles. The molecule has 0 spiro atoms. The molecule has 1 heterocycles. The van der Waals surface area contributed by atoms with Gasteiger partial charge in [-0.1, -0.05) is 38.5 Å². The van der Waals surface area contributed by atoms with E-state index in [1.807, 2.05) is 44.2 Å². The zero-order valence-electron chi connectivity index (χ0n) is 15.0. The molecular formula is C20H24N2O4. The highest BCUT2D eigenvalue weighted by Crippen LogP contribution is 2.16. The first-order valence-electron chi connectivity index (χ1n) is 8.62. The summed E-state index contributed by atoms with van der Waals surface area (Å²) >= 11 is 0. The number of pyridine rings is 1. The van der Waals surface area contributed by atoms with Gasteiger partial charge < -0.3 is 15.2 Å². The van der Waals surface area contributed by atoms with Gasteiger partial charge in [-0.25, -0.2) is 4.79 Å². The summed E-state index contributed by atoms with van der Waals surface area (Å²) in [5.74, 6) is -0.815. The number of rotatable bonds is 9. The van der Waals surface area contributed by atoms with E-state index in [4.69, 9.17) is 4.74 Å². The monoisotopic (exact) mass is 356 g/mol. The molecule has 0 aliphatic carbocycles. The molecule has 6 nitrogen and oxygen atoms in total. The van der Waals surface area contributed by atoms with Crippen molar-refractivity contribution in [3.8, 4) is 5.75 Å². The molecule has 6 heteroatoms. The molecule has 2 aromatic rings. The fourth-order valence-electron chi connectivity index (χ4n) is 2.49. The SMILES string of the molecule is CC[C@H](C)[C@H](NC(=O)Cc1cccc(OCc2cccnc2)c1)C(=O)O. The second kappa shape index (κ2) is 9.56. The minimum absolute atomic E-state index is 0.101. The molecule has 0 unspecified atom stereocenters. The van der Waals surface area contributed by atoms with Crippen molar-refractivity contribution in [3.05, 3.63) is 59.9 Å². The largest absolute Gasteiger partial charge is 0.489 e. The number of carbonyl (C=O) groups is 2. The highest BCUT2D eigenvalue weighted by Gasteiger charge is 2.25. The van der Waals surface area contributed by atoms with Gasteiger partial charge in [-0.15, -0.1) is 0 Å². The Morgan fingerprint density at radius 2 is 2.00 bits per heavy atom. The van der Waals surface area contributed by atoms with Crippen LogP contribution in [0.2, 0.25) is 0 Å².